The molecule has 7 nitrogen and oxygen atoms in total. The third-order valence-corrected chi connectivity index (χ3v) is 5.02. The van der Waals surface area contributed by atoms with Gasteiger partial charge in [-0.3, -0.25) is 4.79 Å². The van der Waals surface area contributed by atoms with Crippen LogP contribution in [-0.4, -0.2) is 44.3 Å². The fraction of sp³-hybridized carbons (Fsp3) is 0.619. The molecule has 1 aromatic carbocycles. The average molecular weight is 389 g/mol. The van der Waals surface area contributed by atoms with Crippen LogP contribution >= 0.6 is 0 Å². The van der Waals surface area contributed by atoms with E-state index in [9.17, 15) is 9.59 Å². The lowest BCUT2D eigenvalue weighted by molar-refractivity contribution is -0.127. The van der Waals surface area contributed by atoms with Gasteiger partial charge in [-0.15, -0.1) is 0 Å². The van der Waals surface area contributed by atoms with Gasteiger partial charge in [-0.1, -0.05) is 13.8 Å². The largest absolute Gasteiger partial charge is 0.490 e. The van der Waals surface area contributed by atoms with Crippen molar-refractivity contribution in [2.45, 2.75) is 46.6 Å². The third-order valence-electron chi connectivity index (χ3n) is 5.02. The molecule has 2 aliphatic heterocycles. The number of rotatable bonds is 4. The molecular formula is C21H31N3O4. The number of amides is 3. The maximum Gasteiger partial charge on any atom is 0.319 e. The minimum Gasteiger partial charge on any atom is -0.490 e. The maximum atomic E-state index is 13.1. The van der Waals surface area contributed by atoms with Crippen LogP contribution < -0.4 is 20.3 Å². The molecule has 1 fully saturated rings. The summed E-state index contributed by atoms with van der Waals surface area (Å²) in [5.41, 5.74) is 0.725. The number of carbonyl (C=O) groups is 2. The Bertz CT molecular complexity index is 726. The standard InChI is InChI=1S/C21H31N3O4/c1-14(2)12-24-17-11-16(23-20(26)22-15-7-9-27-10-8-15)5-6-18(17)28-13-21(3,4)19(24)25/h5-6,11,14-15H,7-10,12-13H2,1-4H3,(H2,22,23,26). The van der Waals surface area contributed by atoms with Crippen LogP contribution in [0.2, 0.25) is 0 Å². The molecule has 0 bridgehead atoms. The van der Waals surface area contributed by atoms with E-state index in [1.807, 2.05) is 26.0 Å². The van der Waals surface area contributed by atoms with Crippen molar-refractivity contribution in [3.05, 3.63) is 18.2 Å². The first-order valence-electron chi connectivity index (χ1n) is 10.0. The second kappa shape index (κ2) is 8.39. The lowest BCUT2D eigenvalue weighted by Crippen LogP contribution is -2.43. The van der Waals surface area contributed by atoms with Crippen molar-refractivity contribution in [3.63, 3.8) is 0 Å². The number of nitrogens with zero attached hydrogens (tertiary/aromatic N) is 1. The topological polar surface area (TPSA) is 79.9 Å². The van der Waals surface area contributed by atoms with Crippen LogP contribution in [0, 0.1) is 11.3 Å². The Hall–Kier alpha value is -2.28. The van der Waals surface area contributed by atoms with E-state index in [2.05, 4.69) is 24.5 Å². The summed E-state index contributed by atoms with van der Waals surface area (Å²) in [6.45, 7) is 10.2. The summed E-state index contributed by atoms with van der Waals surface area (Å²) in [4.78, 5) is 27.3. The molecule has 0 aliphatic carbocycles. The molecule has 0 radical (unpaired) electrons. The SMILES string of the molecule is CC(C)CN1C(=O)C(C)(C)COc2ccc(NC(=O)NC3CCOCC3)cc21. The highest BCUT2D eigenvalue weighted by molar-refractivity contribution is 6.00. The Balaban J connectivity index is 1.79. The molecule has 0 unspecified atom stereocenters. The predicted octanol–water partition coefficient (Wildman–Crippen LogP) is 3.39. The molecule has 0 spiro atoms. The van der Waals surface area contributed by atoms with Gasteiger partial charge < -0.3 is 25.0 Å². The average Bonchev–Trinajstić information content (AvgIpc) is 2.73. The summed E-state index contributed by atoms with van der Waals surface area (Å²) in [7, 11) is 0. The van der Waals surface area contributed by atoms with Gasteiger partial charge in [-0.05, 0) is 50.8 Å². The van der Waals surface area contributed by atoms with E-state index in [4.69, 9.17) is 9.47 Å². The molecule has 1 saturated heterocycles. The number of hydrogen-bond acceptors (Lipinski definition) is 4. The first kappa shape index (κ1) is 20.5. The van der Waals surface area contributed by atoms with Gasteiger partial charge in [0.1, 0.15) is 12.4 Å². The Kier molecular flexibility index (Phi) is 6.13. The Morgan fingerprint density at radius 2 is 2.00 bits per heavy atom. The lowest BCUT2D eigenvalue weighted by atomic mass is 9.92. The molecule has 0 saturated carbocycles. The molecule has 2 heterocycles. The van der Waals surface area contributed by atoms with Crippen molar-refractivity contribution in [2.75, 3.05) is 36.6 Å². The molecule has 3 amide bonds. The number of ether oxygens (including phenoxy) is 2. The second-order valence-electron chi connectivity index (χ2n) is 8.65. The summed E-state index contributed by atoms with van der Waals surface area (Å²) < 4.78 is 11.2. The normalized spacial score (nSPS) is 19.6. The third kappa shape index (κ3) is 4.76. The molecular weight excluding hydrogens is 358 g/mol. The van der Waals surface area contributed by atoms with Crippen molar-refractivity contribution in [1.82, 2.24) is 5.32 Å². The summed E-state index contributed by atoms with van der Waals surface area (Å²) >= 11 is 0. The highest BCUT2D eigenvalue weighted by atomic mass is 16.5. The summed E-state index contributed by atoms with van der Waals surface area (Å²) in [5, 5.41) is 5.87. The first-order chi connectivity index (χ1) is 13.3. The molecule has 2 aliphatic rings. The highest BCUT2D eigenvalue weighted by Gasteiger charge is 2.38. The number of hydrogen-bond donors (Lipinski definition) is 2. The monoisotopic (exact) mass is 389 g/mol. The summed E-state index contributed by atoms with van der Waals surface area (Å²) in [6.07, 6.45) is 1.63. The maximum absolute atomic E-state index is 13.1. The Morgan fingerprint density at radius 3 is 2.68 bits per heavy atom. The minimum absolute atomic E-state index is 0.0313. The highest BCUT2D eigenvalue weighted by Crippen LogP contribution is 2.38. The van der Waals surface area contributed by atoms with Crippen LogP contribution in [0.15, 0.2) is 18.2 Å². The number of anilines is 2. The fourth-order valence-electron chi connectivity index (χ4n) is 3.46. The smallest absolute Gasteiger partial charge is 0.319 e. The zero-order valence-electron chi connectivity index (χ0n) is 17.2. The Morgan fingerprint density at radius 1 is 1.29 bits per heavy atom. The fourth-order valence-corrected chi connectivity index (χ4v) is 3.46. The van der Waals surface area contributed by atoms with Gasteiger partial charge in [0.15, 0.2) is 0 Å². The zero-order valence-corrected chi connectivity index (χ0v) is 17.2. The van der Waals surface area contributed by atoms with Crippen LogP contribution in [0.1, 0.15) is 40.5 Å². The zero-order chi connectivity index (χ0) is 20.3. The van der Waals surface area contributed by atoms with E-state index in [0.717, 1.165) is 12.8 Å². The van der Waals surface area contributed by atoms with E-state index in [0.29, 0.717) is 49.4 Å². The van der Waals surface area contributed by atoms with Gasteiger partial charge in [-0.2, -0.15) is 0 Å². The second-order valence-corrected chi connectivity index (χ2v) is 8.65. The van der Waals surface area contributed by atoms with Crippen molar-refractivity contribution >= 4 is 23.3 Å². The van der Waals surface area contributed by atoms with E-state index in [-0.39, 0.29) is 18.0 Å². The van der Waals surface area contributed by atoms with Crippen molar-refractivity contribution in [3.8, 4) is 5.75 Å². The van der Waals surface area contributed by atoms with Crippen molar-refractivity contribution in [2.24, 2.45) is 11.3 Å². The quantitative estimate of drug-likeness (QED) is 0.827. The molecule has 7 heteroatoms. The van der Waals surface area contributed by atoms with E-state index >= 15 is 0 Å². The molecule has 2 N–H and O–H groups in total. The van der Waals surface area contributed by atoms with Crippen LogP contribution in [0.3, 0.4) is 0 Å². The molecule has 28 heavy (non-hydrogen) atoms. The molecule has 3 rings (SSSR count). The van der Waals surface area contributed by atoms with Gasteiger partial charge in [0.25, 0.3) is 0 Å². The van der Waals surface area contributed by atoms with Crippen LogP contribution in [0.25, 0.3) is 0 Å². The van der Waals surface area contributed by atoms with Gasteiger partial charge in [0.2, 0.25) is 5.91 Å². The van der Waals surface area contributed by atoms with Gasteiger partial charge in [0.05, 0.1) is 11.1 Å². The molecule has 1 aromatic rings. The first-order valence-corrected chi connectivity index (χ1v) is 10.0. The van der Waals surface area contributed by atoms with Crippen molar-refractivity contribution in [1.29, 1.82) is 0 Å². The summed E-state index contributed by atoms with van der Waals surface area (Å²) in [5.74, 6) is 0.998. The summed E-state index contributed by atoms with van der Waals surface area (Å²) in [6, 6.07) is 5.32. The molecule has 154 valence electrons. The van der Waals surface area contributed by atoms with Crippen LogP contribution in [0.5, 0.6) is 5.75 Å². The lowest BCUT2D eigenvalue weighted by Gasteiger charge is -2.29. The number of urea groups is 1. The van der Waals surface area contributed by atoms with Gasteiger partial charge in [0, 0.05) is 31.5 Å². The van der Waals surface area contributed by atoms with Gasteiger partial charge >= 0.3 is 6.03 Å². The van der Waals surface area contributed by atoms with Crippen molar-refractivity contribution < 1.29 is 19.1 Å². The minimum atomic E-state index is -0.609. The van der Waals surface area contributed by atoms with E-state index in [1.54, 1.807) is 11.0 Å². The van der Waals surface area contributed by atoms with E-state index in [1.165, 1.54) is 0 Å². The number of benzene rings is 1. The predicted molar refractivity (Wildman–Crippen MR) is 109 cm³/mol. The number of fused-ring (bicyclic) bond motifs is 1. The number of carbonyl (C=O) groups excluding carboxylic acids is 2. The Labute approximate surface area is 166 Å². The van der Waals surface area contributed by atoms with E-state index < -0.39 is 5.41 Å². The number of nitrogens with one attached hydrogen (secondary N) is 2. The van der Waals surface area contributed by atoms with Crippen LogP contribution in [0.4, 0.5) is 16.2 Å². The van der Waals surface area contributed by atoms with Crippen LogP contribution in [-0.2, 0) is 9.53 Å². The van der Waals surface area contributed by atoms with Gasteiger partial charge in [-0.25, -0.2) is 4.79 Å². The molecule has 0 aromatic heterocycles. The molecule has 0 atom stereocenters.